The molecule has 1 aliphatic rings. The Morgan fingerprint density at radius 1 is 1.30 bits per heavy atom. The number of nitrogens with zero attached hydrogens (tertiary/aromatic N) is 1. The molecule has 1 saturated carbocycles. The molecule has 0 saturated heterocycles. The molecule has 160 valence electrons. The lowest BCUT2D eigenvalue weighted by Crippen LogP contribution is -2.39. The van der Waals surface area contributed by atoms with Gasteiger partial charge in [0.2, 0.25) is 5.43 Å². The number of rotatable bonds is 7. The first-order valence-corrected chi connectivity index (χ1v) is 8.78. The van der Waals surface area contributed by atoms with Crippen molar-refractivity contribution in [1.82, 2.24) is 9.88 Å². The molecule has 0 radical (unpaired) electrons. The van der Waals surface area contributed by atoms with Crippen molar-refractivity contribution in [1.29, 1.82) is 0 Å². The first kappa shape index (κ1) is 21.4. The fraction of sp³-hybridized carbons (Fsp3) is 0.316. The van der Waals surface area contributed by atoms with Crippen LogP contribution in [0.25, 0.3) is 0 Å². The van der Waals surface area contributed by atoms with Crippen LogP contribution in [0.4, 0.5) is 8.78 Å². The Balaban J connectivity index is 2.04. The summed E-state index contributed by atoms with van der Waals surface area (Å²) in [5.41, 5.74) is -3.32. The number of aliphatic hydroxyl groups excluding tert-OH is 1. The lowest BCUT2D eigenvalue weighted by atomic mass is 10.0. The number of hydrogen-bond donors (Lipinski definition) is 4. The van der Waals surface area contributed by atoms with Gasteiger partial charge in [-0.15, -0.1) is 0 Å². The third-order valence-corrected chi connectivity index (χ3v) is 4.80. The molecule has 0 atom stereocenters. The van der Waals surface area contributed by atoms with Crippen LogP contribution in [-0.4, -0.2) is 45.2 Å². The summed E-state index contributed by atoms with van der Waals surface area (Å²) in [6, 6.07) is 2.93. The fourth-order valence-corrected chi connectivity index (χ4v) is 3.28. The minimum Gasteiger partial charge on any atom is -0.491 e. The molecular formula is C19H18F2N2O7. The molecule has 4 N–H and O–H groups in total. The van der Waals surface area contributed by atoms with Gasteiger partial charge in [0, 0.05) is 17.8 Å². The predicted octanol–water partition coefficient (Wildman–Crippen LogP) is 0.563. The highest BCUT2D eigenvalue weighted by Gasteiger charge is 2.48. The van der Waals surface area contributed by atoms with E-state index in [1.807, 2.05) is 0 Å². The molecule has 0 bridgehead atoms. The average Bonchev–Trinajstić information content (AvgIpc) is 3.41. The number of hydrogen-bond acceptors (Lipinski definition) is 6. The minimum absolute atomic E-state index is 0.0532. The molecule has 1 aromatic carbocycles. The summed E-state index contributed by atoms with van der Waals surface area (Å²) in [5, 5.41) is 30.4. The van der Waals surface area contributed by atoms with Gasteiger partial charge in [-0.2, -0.15) is 0 Å². The van der Waals surface area contributed by atoms with E-state index in [4.69, 9.17) is 4.74 Å². The molecule has 0 aliphatic heterocycles. The summed E-state index contributed by atoms with van der Waals surface area (Å²) in [6.45, 7) is -0.656. The van der Waals surface area contributed by atoms with Crippen molar-refractivity contribution >= 4 is 11.9 Å². The van der Waals surface area contributed by atoms with E-state index in [0.717, 1.165) is 23.9 Å². The van der Waals surface area contributed by atoms with Gasteiger partial charge in [0.15, 0.2) is 17.7 Å². The second kappa shape index (κ2) is 7.84. The van der Waals surface area contributed by atoms with Gasteiger partial charge in [0.1, 0.15) is 17.2 Å². The summed E-state index contributed by atoms with van der Waals surface area (Å²) in [4.78, 5) is 37.0. The maximum Gasteiger partial charge on any atom is 0.356 e. The third-order valence-electron chi connectivity index (χ3n) is 4.80. The van der Waals surface area contributed by atoms with Crippen LogP contribution in [0.3, 0.4) is 0 Å². The molecule has 3 rings (SSSR count). The molecule has 0 spiro atoms. The molecule has 1 aliphatic carbocycles. The molecule has 1 fully saturated rings. The molecule has 1 amide bonds. The van der Waals surface area contributed by atoms with Crippen molar-refractivity contribution in [2.24, 2.45) is 0 Å². The van der Waals surface area contributed by atoms with Crippen molar-refractivity contribution in [3.8, 4) is 5.75 Å². The molecule has 11 heteroatoms. The quantitative estimate of drug-likeness (QED) is 0.477. The Kier molecular flexibility index (Phi) is 5.59. The second-order valence-electron chi connectivity index (χ2n) is 6.85. The molecule has 9 nitrogen and oxygen atoms in total. The van der Waals surface area contributed by atoms with E-state index in [-0.39, 0.29) is 5.56 Å². The topological polar surface area (TPSA) is 138 Å². The highest BCUT2D eigenvalue weighted by molar-refractivity contribution is 5.97. The number of methoxy groups -OCH3 is 1. The molecule has 1 heterocycles. The van der Waals surface area contributed by atoms with Crippen molar-refractivity contribution in [2.75, 3.05) is 7.11 Å². The van der Waals surface area contributed by atoms with E-state index in [1.54, 1.807) is 0 Å². The zero-order chi connectivity index (χ0) is 22.2. The Morgan fingerprint density at radius 3 is 2.47 bits per heavy atom. The van der Waals surface area contributed by atoms with Gasteiger partial charge in [-0.05, 0) is 18.9 Å². The van der Waals surface area contributed by atoms with Crippen molar-refractivity contribution in [2.45, 2.75) is 31.2 Å². The van der Waals surface area contributed by atoms with Crippen molar-refractivity contribution < 1.29 is 38.4 Å². The molecule has 30 heavy (non-hydrogen) atoms. The number of aromatic nitrogens is 1. The molecule has 2 aromatic rings. The number of ether oxygens (including phenoxy) is 1. The minimum atomic E-state index is -1.98. The van der Waals surface area contributed by atoms with Crippen LogP contribution in [0.2, 0.25) is 0 Å². The molecule has 1 aromatic heterocycles. The van der Waals surface area contributed by atoms with Gasteiger partial charge in [-0.25, -0.2) is 13.6 Å². The maximum absolute atomic E-state index is 14.2. The fourth-order valence-electron chi connectivity index (χ4n) is 3.28. The average molecular weight is 424 g/mol. The number of amides is 1. The Bertz CT molecular complexity index is 1080. The van der Waals surface area contributed by atoms with E-state index in [9.17, 15) is 38.5 Å². The zero-order valence-electron chi connectivity index (χ0n) is 15.7. The zero-order valence-corrected chi connectivity index (χ0v) is 15.7. The van der Waals surface area contributed by atoms with Crippen LogP contribution in [0.1, 0.15) is 39.3 Å². The Morgan fingerprint density at radius 2 is 1.97 bits per heavy atom. The van der Waals surface area contributed by atoms with Gasteiger partial charge in [-0.1, -0.05) is 6.07 Å². The van der Waals surface area contributed by atoms with E-state index < -0.39 is 64.3 Å². The first-order chi connectivity index (χ1) is 14.1. The van der Waals surface area contributed by atoms with Gasteiger partial charge >= 0.3 is 5.97 Å². The van der Waals surface area contributed by atoms with Gasteiger partial charge in [0.05, 0.1) is 19.2 Å². The van der Waals surface area contributed by atoms with E-state index in [1.165, 1.54) is 6.07 Å². The summed E-state index contributed by atoms with van der Waals surface area (Å²) in [7, 11) is 1.03. The van der Waals surface area contributed by atoms with Gasteiger partial charge in [-0.3, -0.25) is 9.59 Å². The van der Waals surface area contributed by atoms with E-state index in [2.05, 4.69) is 5.32 Å². The van der Waals surface area contributed by atoms with Crippen molar-refractivity contribution in [3.63, 3.8) is 0 Å². The van der Waals surface area contributed by atoms with Crippen LogP contribution >= 0.6 is 0 Å². The summed E-state index contributed by atoms with van der Waals surface area (Å²) in [5.74, 6) is -4.83. The normalized spacial score (nSPS) is 14.5. The number of carbonyl (C=O) groups is 2. The number of carboxylic acids is 1. The van der Waals surface area contributed by atoms with E-state index in [0.29, 0.717) is 18.9 Å². The molecule has 0 unspecified atom stereocenters. The highest BCUT2D eigenvalue weighted by atomic mass is 19.1. The third kappa shape index (κ3) is 3.89. The molecular weight excluding hydrogens is 406 g/mol. The number of nitrogens with one attached hydrogen (secondary N) is 1. The largest absolute Gasteiger partial charge is 0.491 e. The monoisotopic (exact) mass is 424 g/mol. The lowest BCUT2D eigenvalue weighted by molar-refractivity contribution is -0.0518. The Labute approximate surface area is 168 Å². The SMILES string of the molecule is COc1c(C(=O)O)n(CC(O)O)cc(C(=O)NC2(c3ccc(F)cc3F)CC2)c1=O. The predicted molar refractivity (Wildman–Crippen MR) is 97.2 cm³/mol. The number of carboxylic acid groups (broad SMARTS) is 1. The number of halogens is 2. The van der Waals surface area contributed by atoms with Crippen LogP contribution in [0, 0.1) is 11.6 Å². The second-order valence-corrected chi connectivity index (χ2v) is 6.85. The van der Waals surface area contributed by atoms with Crippen LogP contribution < -0.4 is 15.5 Å². The smallest absolute Gasteiger partial charge is 0.356 e. The van der Waals surface area contributed by atoms with Crippen LogP contribution in [0.5, 0.6) is 5.75 Å². The number of aromatic carboxylic acids is 1. The van der Waals surface area contributed by atoms with Crippen LogP contribution in [-0.2, 0) is 12.1 Å². The summed E-state index contributed by atoms with van der Waals surface area (Å²) in [6.07, 6.45) is -0.431. The Hall–Kier alpha value is -3.31. The standard InChI is InChI=1S/C19H18F2N2O7/c1-30-16-14(18(28)29)23(8-13(24)25)7-10(15(16)26)17(27)22-19(4-5-19)11-3-2-9(20)6-12(11)21/h2-3,6-7,13,24-25H,4-5,8H2,1H3,(H,22,27)(H,28,29). The van der Waals surface area contributed by atoms with Crippen molar-refractivity contribution in [3.05, 3.63) is 63.1 Å². The summed E-state index contributed by atoms with van der Waals surface area (Å²) >= 11 is 0. The van der Waals surface area contributed by atoms with Gasteiger partial charge < -0.3 is 29.9 Å². The van der Waals surface area contributed by atoms with Crippen LogP contribution in [0.15, 0.2) is 29.2 Å². The number of benzene rings is 1. The highest BCUT2D eigenvalue weighted by Crippen LogP contribution is 2.46. The lowest BCUT2D eigenvalue weighted by Gasteiger charge is -2.20. The first-order valence-electron chi connectivity index (χ1n) is 8.78. The van der Waals surface area contributed by atoms with E-state index >= 15 is 0 Å². The van der Waals surface area contributed by atoms with Gasteiger partial charge in [0.25, 0.3) is 5.91 Å². The number of aliphatic hydroxyl groups is 2. The number of carbonyl (C=O) groups excluding carboxylic acids is 1. The summed E-state index contributed by atoms with van der Waals surface area (Å²) < 4.78 is 33.0. The maximum atomic E-state index is 14.2. The number of pyridine rings is 1.